The smallest absolute Gasteiger partial charge is 0.307 e. The summed E-state index contributed by atoms with van der Waals surface area (Å²) in [6, 6.07) is 5.34. The summed E-state index contributed by atoms with van der Waals surface area (Å²) in [5.41, 5.74) is 1.51. The van der Waals surface area contributed by atoms with Gasteiger partial charge in [-0.05, 0) is 18.2 Å². The van der Waals surface area contributed by atoms with Crippen LogP contribution in [-0.2, 0) is 9.59 Å². The fraction of sp³-hybridized carbons (Fsp3) is 0.308. The molecule has 0 aliphatic carbocycles. The summed E-state index contributed by atoms with van der Waals surface area (Å²) in [4.78, 5) is 22.8. The van der Waals surface area contributed by atoms with E-state index < -0.39 is 17.8 Å². The van der Waals surface area contributed by atoms with E-state index >= 15 is 0 Å². The molecule has 1 aromatic carbocycles. The predicted molar refractivity (Wildman–Crippen MR) is 70.7 cm³/mol. The molecule has 2 aromatic rings. The van der Waals surface area contributed by atoms with Crippen molar-refractivity contribution in [2.24, 2.45) is 11.8 Å². The number of fused-ring (bicyclic) bond motifs is 1. The molecule has 1 heterocycles. The Morgan fingerprint density at radius 2 is 2.05 bits per heavy atom. The normalized spacial score (nSPS) is 14.0. The molecule has 3 N–H and O–H groups in total. The number of carboxylic acid groups (broad SMARTS) is 1. The molecule has 0 saturated carbocycles. The first-order valence-electron chi connectivity index (χ1n) is 5.96. The second-order valence-electron chi connectivity index (χ2n) is 4.58. The molecule has 19 heavy (non-hydrogen) atoms. The zero-order valence-corrected chi connectivity index (χ0v) is 10.7. The van der Waals surface area contributed by atoms with Crippen molar-refractivity contribution in [2.45, 2.75) is 13.8 Å². The standard InChI is InChI=1S/C13H15N3O3/c1-7(8(2)13(18)19)12(17)15-10-3-4-11-9(5-10)6-14-16-11/h3-8H,1-2H3,(H,14,16)(H,15,17)(H,18,19). The van der Waals surface area contributed by atoms with Crippen LogP contribution in [0.3, 0.4) is 0 Å². The summed E-state index contributed by atoms with van der Waals surface area (Å²) in [6.07, 6.45) is 1.66. The number of H-pyrrole nitrogens is 1. The number of aromatic nitrogens is 2. The Labute approximate surface area is 109 Å². The number of nitrogens with one attached hydrogen (secondary N) is 2. The van der Waals surface area contributed by atoms with Crippen molar-refractivity contribution in [3.8, 4) is 0 Å². The van der Waals surface area contributed by atoms with E-state index in [1.165, 1.54) is 6.92 Å². The highest BCUT2D eigenvalue weighted by molar-refractivity contribution is 5.96. The maximum absolute atomic E-state index is 11.9. The maximum atomic E-state index is 11.9. The second-order valence-corrected chi connectivity index (χ2v) is 4.58. The van der Waals surface area contributed by atoms with E-state index in [1.54, 1.807) is 25.3 Å². The van der Waals surface area contributed by atoms with Crippen LogP contribution in [-0.4, -0.2) is 27.2 Å². The third kappa shape index (κ3) is 2.73. The van der Waals surface area contributed by atoms with Crippen molar-refractivity contribution in [3.63, 3.8) is 0 Å². The van der Waals surface area contributed by atoms with Crippen LogP contribution < -0.4 is 5.32 Å². The van der Waals surface area contributed by atoms with Gasteiger partial charge in [-0.2, -0.15) is 5.10 Å². The second kappa shape index (κ2) is 5.09. The van der Waals surface area contributed by atoms with E-state index in [-0.39, 0.29) is 5.91 Å². The number of amides is 1. The van der Waals surface area contributed by atoms with Crippen LogP contribution in [0.2, 0.25) is 0 Å². The Morgan fingerprint density at radius 1 is 1.32 bits per heavy atom. The molecule has 0 aliphatic heterocycles. The molecule has 2 unspecified atom stereocenters. The quantitative estimate of drug-likeness (QED) is 0.782. The van der Waals surface area contributed by atoms with E-state index in [1.807, 2.05) is 6.07 Å². The van der Waals surface area contributed by atoms with Crippen molar-refractivity contribution in [3.05, 3.63) is 24.4 Å². The van der Waals surface area contributed by atoms with Gasteiger partial charge in [-0.25, -0.2) is 0 Å². The van der Waals surface area contributed by atoms with Crippen molar-refractivity contribution >= 4 is 28.5 Å². The molecule has 0 fully saturated rings. The molecule has 0 bridgehead atoms. The van der Waals surface area contributed by atoms with Crippen molar-refractivity contribution in [2.75, 3.05) is 5.32 Å². The fourth-order valence-corrected chi connectivity index (χ4v) is 1.72. The van der Waals surface area contributed by atoms with Gasteiger partial charge in [0, 0.05) is 17.0 Å². The Bertz CT molecular complexity index is 620. The molecule has 0 aliphatic rings. The number of carboxylic acids is 1. The van der Waals surface area contributed by atoms with Crippen molar-refractivity contribution < 1.29 is 14.7 Å². The molecule has 1 aromatic heterocycles. The van der Waals surface area contributed by atoms with E-state index in [4.69, 9.17) is 5.11 Å². The Morgan fingerprint density at radius 3 is 2.74 bits per heavy atom. The molecule has 0 saturated heterocycles. The van der Waals surface area contributed by atoms with Crippen LogP contribution in [0.1, 0.15) is 13.8 Å². The van der Waals surface area contributed by atoms with Crippen LogP contribution in [0.15, 0.2) is 24.4 Å². The number of hydrogen-bond donors (Lipinski definition) is 3. The van der Waals surface area contributed by atoms with Crippen LogP contribution in [0.25, 0.3) is 10.9 Å². The van der Waals surface area contributed by atoms with Crippen LogP contribution in [0.5, 0.6) is 0 Å². The highest BCUT2D eigenvalue weighted by atomic mass is 16.4. The van der Waals surface area contributed by atoms with Crippen molar-refractivity contribution in [1.29, 1.82) is 0 Å². The molecular formula is C13H15N3O3. The first kappa shape index (κ1) is 13.1. The largest absolute Gasteiger partial charge is 0.481 e. The first-order chi connectivity index (χ1) is 8.99. The predicted octanol–water partition coefficient (Wildman–Crippen LogP) is 1.86. The number of hydrogen-bond acceptors (Lipinski definition) is 3. The summed E-state index contributed by atoms with van der Waals surface area (Å²) in [5.74, 6) is -2.61. The fourth-order valence-electron chi connectivity index (χ4n) is 1.72. The van der Waals surface area contributed by atoms with Gasteiger partial charge >= 0.3 is 5.97 Å². The number of carbonyl (C=O) groups excluding carboxylic acids is 1. The number of anilines is 1. The minimum atomic E-state index is -0.979. The lowest BCUT2D eigenvalue weighted by Crippen LogP contribution is -2.29. The van der Waals surface area contributed by atoms with Gasteiger partial charge in [-0.1, -0.05) is 13.8 Å². The number of benzene rings is 1. The van der Waals surface area contributed by atoms with Gasteiger partial charge < -0.3 is 10.4 Å². The van der Waals surface area contributed by atoms with Crippen LogP contribution >= 0.6 is 0 Å². The Hall–Kier alpha value is -2.37. The number of aliphatic carboxylic acids is 1. The maximum Gasteiger partial charge on any atom is 0.307 e. The summed E-state index contributed by atoms with van der Waals surface area (Å²) in [5, 5.41) is 19.2. The van der Waals surface area contributed by atoms with Crippen LogP contribution in [0, 0.1) is 11.8 Å². The minimum absolute atomic E-state index is 0.308. The molecule has 0 spiro atoms. The summed E-state index contributed by atoms with van der Waals surface area (Å²) < 4.78 is 0. The minimum Gasteiger partial charge on any atom is -0.481 e. The highest BCUT2D eigenvalue weighted by Gasteiger charge is 2.25. The number of rotatable bonds is 4. The lowest BCUT2D eigenvalue weighted by molar-refractivity contribution is -0.145. The third-order valence-electron chi connectivity index (χ3n) is 3.26. The Balaban J connectivity index is 2.11. The molecule has 100 valence electrons. The molecule has 2 atom stereocenters. The monoisotopic (exact) mass is 261 g/mol. The van der Waals surface area contributed by atoms with E-state index in [0.29, 0.717) is 5.69 Å². The molecule has 2 rings (SSSR count). The van der Waals surface area contributed by atoms with Gasteiger partial charge in [0.05, 0.1) is 17.6 Å². The lowest BCUT2D eigenvalue weighted by Gasteiger charge is -2.15. The molecular weight excluding hydrogens is 246 g/mol. The summed E-state index contributed by atoms with van der Waals surface area (Å²) in [7, 11) is 0. The third-order valence-corrected chi connectivity index (χ3v) is 3.26. The van der Waals surface area contributed by atoms with E-state index in [2.05, 4.69) is 15.5 Å². The van der Waals surface area contributed by atoms with Gasteiger partial charge in [-0.3, -0.25) is 14.7 Å². The molecule has 6 heteroatoms. The lowest BCUT2D eigenvalue weighted by atomic mass is 9.95. The number of aromatic amines is 1. The van der Waals surface area contributed by atoms with Gasteiger partial charge in [0.15, 0.2) is 0 Å². The average molecular weight is 261 g/mol. The van der Waals surface area contributed by atoms with Gasteiger partial charge in [-0.15, -0.1) is 0 Å². The molecule has 6 nitrogen and oxygen atoms in total. The van der Waals surface area contributed by atoms with Gasteiger partial charge in [0.2, 0.25) is 5.91 Å². The summed E-state index contributed by atoms with van der Waals surface area (Å²) in [6.45, 7) is 3.12. The topological polar surface area (TPSA) is 95.1 Å². The van der Waals surface area contributed by atoms with Gasteiger partial charge in [0.1, 0.15) is 0 Å². The summed E-state index contributed by atoms with van der Waals surface area (Å²) >= 11 is 0. The molecule has 1 amide bonds. The van der Waals surface area contributed by atoms with Gasteiger partial charge in [0.25, 0.3) is 0 Å². The average Bonchev–Trinajstić information content (AvgIpc) is 2.84. The van der Waals surface area contributed by atoms with E-state index in [9.17, 15) is 9.59 Å². The number of nitrogens with zero attached hydrogens (tertiary/aromatic N) is 1. The highest BCUT2D eigenvalue weighted by Crippen LogP contribution is 2.19. The van der Waals surface area contributed by atoms with E-state index in [0.717, 1.165) is 10.9 Å². The SMILES string of the molecule is CC(C(=O)O)C(C)C(=O)Nc1ccc2[nH]ncc2c1. The zero-order valence-electron chi connectivity index (χ0n) is 10.7. The zero-order chi connectivity index (χ0) is 14.0. The Kier molecular flexibility index (Phi) is 3.50. The van der Waals surface area contributed by atoms with Crippen molar-refractivity contribution in [1.82, 2.24) is 10.2 Å². The van der Waals surface area contributed by atoms with Crippen LogP contribution in [0.4, 0.5) is 5.69 Å². The molecule has 0 radical (unpaired) electrons. The first-order valence-corrected chi connectivity index (χ1v) is 5.96. The number of carbonyl (C=O) groups is 2.